The molecular formula is C9H13ClN6S. The first-order chi connectivity index (χ1) is 7.81. The maximum Gasteiger partial charge on any atom is 0.180 e. The Morgan fingerprint density at radius 2 is 2.24 bits per heavy atom. The summed E-state index contributed by atoms with van der Waals surface area (Å²) in [4.78, 5) is 11.8. The summed E-state index contributed by atoms with van der Waals surface area (Å²) < 4.78 is 1.96. The molecule has 0 amide bonds. The third kappa shape index (κ3) is 2.56. The Hall–Kier alpha value is -1.18. The number of nitrogens with zero attached hydrogens (tertiary/aromatic N) is 5. The van der Waals surface area contributed by atoms with Crippen LogP contribution in [0, 0.1) is 0 Å². The van der Waals surface area contributed by atoms with Gasteiger partial charge in [0.25, 0.3) is 0 Å². The number of hydrogen-bond acceptors (Lipinski definition) is 6. The van der Waals surface area contributed by atoms with Crippen molar-refractivity contribution in [2.45, 2.75) is 19.6 Å². The van der Waals surface area contributed by atoms with Gasteiger partial charge in [-0.15, -0.1) is 23.7 Å². The van der Waals surface area contributed by atoms with E-state index in [1.807, 2.05) is 10.9 Å². The molecule has 2 aromatic rings. The molecule has 8 heteroatoms. The third-order valence-electron chi connectivity index (χ3n) is 2.64. The molecule has 0 saturated heterocycles. The summed E-state index contributed by atoms with van der Waals surface area (Å²) in [5.74, 6) is 1.03. The Morgan fingerprint density at radius 1 is 1.35 bits per heavy atom. The summed E-state index contributed by atoms with van der Waals surface area (Å²) >= 11 is 1.55. The number of rotatable bonds is 2. The molecule has 0 fully saturated rings. The number of aromatic nitrogens is 4. The maximum absolute atomic E-state index is 5.61. The Balaban J connectivity index is 0.00000108. The Labute approximate surface area is 109 Å². The average Bonchev–Trinajstić information content (AvgIpc) is 2.87. The van der Waals surface area contributed by atoms with Crippen molar-refractivity contribution in [1.29, 1.82) is 0 Å². The molecule has 2 N–H and O–H groups in total. The van der Waals surface area contributed by atoms with E-state index in [4.69, 9.17) is 5.73 Å². The molecule has 0 aromatic carbocycles. The lowest BCUT2D eigenvalue weighted by atomic mass is 10.3. The lowest BCUT2D eigenvalue weighted by Gasteiger charge is -2.25. The van der Waals surface area contributed by atoms with Crippen LogP contribution in [-0.2, 0) is 19.6 Å². The van der Waals surface area contributed by atoms with Crippen molar-refractivity contribution in [3.8, 4) is 0 Å². The van der Waals surface area contributed by atoms with Gasteiger partial charge in [-0.2, -0.15) is 5.10 Å². The number of fused-ring (bicyclic) bond motifs is 1. The molecule has 0 unspecified atom stereocenters. The van der Waals surface area contributed by atoms with Gasteiger partial charge in [-0.05, 0) is 0 Å². The maximum atomic E-state index is 5.61. The van der Waals surface area contributed by atoms with E-state index in [-0.39, 0.29) is 12.4 Å². The highest BCUT2D eigenvalue weighted by molar-refractivity contribution is 7.15. The number of nitrogen functional groups attached to an aromatic ring is 1. The molecule has 3 heterocycles. The summed E-state index contributed by atoms with van der Waals surface area (Å²) in [6.45, 7) is 3.64. The number of anilines is 1. The zero-order valence-corrected chi connectivity index (χ0v) is 10.7. The normalized spacial score (nSPS) is 15.3. The van der Waals surface area contributed by atoms with Crippen LogP contribution >= 0.6 is 23.7 Å². The molecule has 1 aliphatic heterocycles. The number of nitrogens with two attached hydrogens (primary N) is 1. The van der Waals surface area contributed by atoms with E-state index in [0.29, 0.717) is 5.13 Å². The van der Waals surface area contributed by atoms with Crippen LogP contribution in [0.4, 0.5) is 5.13 Å². The van der Waals surface area contributed by atoms with Crippen molar-refractivity contribution in [1.82, 2.24) is 24.6 Å². The summed E-state index contributed by atoms with van der Waals surface area (Å²) in [6, 6.07) is 0. The summed E-state index contributed by atoms with van der Waals surface area (Å²) in [6.07, 6.45) is 3.46. The van der Waals surface area contributed by atoms with E-state index in [1.54, 1.807) is 17.7 Å². The van der Waals surface area contributed by atoms with Crippen molar-refractivity contribution in [3.05, 3.63) is 23.2 Å². The topological polar surface area (TPSA) is 72.9 Å². The van der Waals surface area contributed by atoms with Crippen LogP contribution in [0.5, 0.6) is 0 Å². The fraction of sp³-hybridized carbons (Fsp3) is 0.444. The van der Waals surface area contributed by atoms with Crippen molar-refractivity contribution in [2.24, 2.45) is 0 Å². The van der Waals surface area contributed by atoms with E-state index in [9.17, 15) is 0 Å². The van der Waals surface area contributed by atoms with Crippen LogP contribution < -0.4 is 5.73 Å². The van der Waals surface area contributed by atoms with Gasteiger partial charge < -0.3 is 5.73 Å². The van der Waals surface area contributed by atoms with Gasteiger partial charge in [0, 0.05) is 24.2 Å². The molecule has 17 heavy (non-hydrogen) atoms. The minimum atomic E-state index is 0. The van der Waals surface area contributed by atoms with Gasteiger partial charge in [0.1, 0.15) is 12.2 Å². The van der Waals surface area contributed by atoms with E-state index in [1.165, 1.54) is 4.88 Å². The first-order valence-corrected chi connectivity index (χ1v) is 5.92. The van der Waals surface area contributed by atoms with Crippen LogP contribution in [0.25, 0.3) is 0 Å². The SMILES string of the molecule is Cl.Nc1ncc(CN2CCn3ncnc3C2)s1. The minimum Gasteiger partial charge on any atom is -0.375 e. The fourth-order valence-electron chi connectivity index (χ4n) is 1.86. The van der Waals surface area contributed by atoms with Crippen LogP contribution in [0.3, 0.4) is 0 Å². The molecule has 0 aliphatic carbocycles. The summed E-state index contributed by atoms with van der Waals surface area (Å²) in [7, 11) is 0. The first-order valence-electron chi connectivity index (χ1n) is 5.10. The van der Waals surface area contributed by atoms with Crippen molar-refractivity contribution < 1.29 is 0 Å². The van der Waals surface area contributed by atoms with Crippen molar-refractivity contribution >= 4 is 28.9 Å². The van der Waals surface area contributed by atoms with Crippen molar-refractivity contribution in [2.75, 3.05) is 12.3 Å². The van der Waals surface area contributed by atoms with Crippen molar-refractivity contribution in [3.63, 3.8) is 0 Å². The summed E-state index contributed by atoms with van der Waals surface area (Å²) in [5.41, 5.74) is 5.61. The number of thiazole rings is 1. The lowest BCUT2D eigenvalue weighted by Crippen LogP contribution is -2.33. The highest BCUT2D eigenvalue weighted by Gasteiger charge is 2.18. The van der Waals surface area contributed by atoms with Gasteiger partial charge in [0.05, 0.1) is 13.1 Å². The Morgan fingerprint density at radius 3 is 3.00 bits per heavy atom. The van der Waals surface area contributed by atoms with Gasteiger partial charge in [0.2, 0.25) is 0 Å². The molecule has 0 saturated carbocycles. The standard InChI is InChI=1S/C9H12N6S.ClH/c10-9-11-3-7(16-9)4-14-1-2-15-8(5-14)12-6-13-15;/h3,6H,1-2,4-5H2,(H2,10,11);1H. The monoisotopic (exact) mass is 272 g/mol. The van der Waals surface area contributed by atoms with E-state index in [0.717, 1.165) is 32.0 Å². The average molecular weight is 273 g/mol. The summed E-state index contributed by atoms with van der Waals surface area (Å²) in [5, 5.41) is 4.79. The molecule has 0 radical (unpaired) electrons. The molecule has 92 valence electrons. The third-order valence-corrected chi connectivity index (χ3v) is 3.45. The lowest BCUT2D eigenvalue weighted by molar-refractivity contribution is 0.203. The molecule has 2 aromatic heterocycles. The molecule has 1 aliphatic rings. The largest absolute Gasteiger partial charge is 0.375 e. The molecule has 6 nitrogen and oxygen atoms in total. The van der Waals surface area contributed by atoms with E-state index >= 15 is 0 Å². The zero-order valence-electron chi connectivity index (χ0n) is 9.11. The minimum absolute atomic E-state index is 0. The second-order valence-electron chi connectivity index (χ2n) is 3.77. The Bertz CT molecular complexity index is 495. The molecule has 3 rings (SSSR count). The van der Waals surface area contributed by atoms with Crippen LogP contribution in [0.2, 0.25) is 0 Å². The second kappa shape index (κ2) is 4.99. The van der Waals surface area contributed by atoms with Gasteiger partial charge in [-0.3, -0.25) is 4.90 Å². The fourth-order valence-corrected chi connectivity index (χ4v) is 2.59. The first kappa shape index (κ1) is 12.3. The number of hydrogen-bond donors (Lipinski definition) is 1. The van der Waals surface area contributed by atoms with Crippen LogP contribution in [0.1, 0.15) is 10.7 Å². The molecular weight excluding hydrogens is 260 g/mol. The van der Waals surface area contributed by atoms with Gasteiger partial charge >= 0.3 is 0 Å². The molecule has 0 spiro atoms. The van der Waals surface area contributed by atoms with Gasteiger partial charge in [0.15, 0.2) is 5.13 Å². The second-order valence-corrected chi connectivity index (χ2v) is 4.92. The predicted molar refractivity (Wildman–Crippen MR) is 67.9 cm³/mol. The smallest absolute Gasteiger partial charge is 0.180 e. The van der Waals surface area contributed by atoms with Crippen LogP contribution in [0.15, 0.2) is 12.5 Å². The Kier molecular flexibility index (Phi) is 3.60. The van der Waals surface area contributed by atoms with Gasteiger partial charge in [-0.1, -0.05) is 0 Å². The molecule has 0 bridgehead atoms. The quantitative estimate of drug-likeness (QED) is 0.874. The highest BCUT2D eigenvalue weighted by Crippen LogP contribution is 2.18. The predicted octanol–water partition coefficient (Wildman–Crippen LogP) is 0.754. The zero-order chi connectivity index (χ0) is 11.0. The number of halogens is 1. The van der Waals surface area contributed by atoms with E-state index in [2.05, 4.69) is 20.0 Å². The van der Waals surface area contributed by atoms with E-state index < -0.39 is 0 Å². The molecule has 0 atom stereocenters. The van der Waals surface area contributed by atoms with Gasteiger partial charge in [-0.25, -0.2) is 14.6 Å². The van der Waals surface area contributed by atoms with Crippen LogP contribution in [-0.4, -0.2) is 31.2 Å². The highest BCUT2D eigenvalue weighted by atomic mass is 35.5.